The monoisotopic (exact) mass is 514 g/mol. The van der Waals surface area contributed by atoms with E-state index in [1.165, 1.54) is 16.7 Å². The summed E-state index contributed by atoms with van der Waals surface area (Å²) in [5.74, 6) is -0.145. The van der Waals surface area contributed by atoms with E-state index < -0.39 is 5.97 Å². The first-order valence-electron chi connectivity index (χ1n) is 10.5. The molecule has 0 saturated heterocycles. The maximum atomic E-state index is 13.1. The number of halogens is 2. The van der Waals surface area contributed by atoms with Gasteiger partial charge in [0.2, 0.25) is 5.95 Å². The van der Waals surface area contributed by atoms with Crippen molar-refractivity contribution >= 4 is 51.8 Å². The maximum Gasteiger partial charge on any atom is 0.303 e. The average Bonchev–Trinajstić information content (AvgIpc) is 2.84. The van der Waals surface area contributed by atoms with E-state index in [0.29, 0.717) is 35.5 Å². The van der Waals surface area contributed by atoms with E-state index in [1.807, 2.05) is 0 Å². The Morgan fingerprint density at radius 2 is 1.91 bits per heavy atom. The lowest BCUT2D eigenvalue weighted by molar-refractivity contribution is -0.137. The van der Waals surface area contributed by atoms with Crippen molar-refractivity contribution in [1.29, 1.82) is 0 Å². The third-order valence-electron chi connectivity index (χ3n) is 5.20. The Kier molecular flexibility index (Phi) is 7.09. The fourth-order valence-electron chi connectivity index (χ4n) is 3.45. The van der Waals surface area contributed by atoms with Gasteiger partial charge in [-0.05, 0) is 48.9 Å². The van der Waals surface area contributed by atoms with Gasteiger partial charge in [-0.15, -0.1) is 0 Å². The number of hydrogen-bond donors (Lipinski definition) is 3. The number of carboxylic acids is 1. The number of aromatic hydroxyl groups is 1. The molecule has 11 heteroatoms. The van der Waals surface area contributed by atoms with Crippen LogP contribution in [0, 0.1) is 0 Å². The van der Waals surface area contributed by atoms with Crippen LogP contribution in [0.1, 0.15) is 12.8 Å². The van der Waals surface area contributed by atoms with Gasteiger partial charge >= 0.3 is 5.97 Å². The Labute approximate surface area is 209 Å². The lowest BCUT2D eigenvalue weighted by atomic mass is 10.1. The Morgan fingerprint density at radius 1 is 1.17 bits per heavy atom. The molecule has 0 amide bonds. The summed E-state index contributed by atoms with van der Waals surface area (Å²) in [6, 6.07) is 11.5. The van der Waals surface area contributed by atoms with Crippen LogP contribution in [0.2, 0.25) is 10.0 Å². The van der Waals surface area contributed by atoms with Gasteiger partial charge in [-0.25, -0.2) is 4.98 Å². The highest BCUT2D eigenvalue weighted by Gasteiger charge is 2.18. The van der Waals surface area contributed by atoms with E-state index in [0.717, 1.165) is 0 Å². The number of anilines is 2. The topological polar surface area (TPSA) is 127 Å². The van der Waals surface area contributed by atoms with Crippen LogP contribution >= 0.6 is 23.2 Å². The normalized spacial score (nSPS) is 10.9. The van der Waals surface area contributed by atoms with Crippen LogP contribution in [0.25, 0.3) is 22.2 Å². The highest BCUT2D eigenvalue weighted by Crippen LogP contribution is 2.39. The van der Waals surface area contributed by atoms with E-state index in [1.54, 1.807) is 43.6 Å². The zero-order valence-electron chi connectivity index (χ0n) is 18.5. The van der Waals surface area contributed by atoms with Crippen molar-refractivity contribution in [1.82, 2.24) is 14.5 Å². The molecule has 0 aliphatic rings. The summed E-state index contributed by atoms with van der Waals surface area (Å²) in [4.78, 5) is 32.4. The van der Waals surface area contributed by atoms with E-state index in [9.17, 15) is 14.7 Å². The molecule has 0 aliphatic heterocycles. The number of ether oxygens (including phenoxy) is 1. The molecule has 0 aliphatic carbocycles. The van der Waals surface area contributed by atoms with Crippen molar-refractivity contribution < 1.29 is 19.7 Å². The number of phenolic OH excluding ortho intramolecular Hbond substituents is 1. The first-order chi connectivity index (χ1) is 16.7. The van der Waals surface area contributed by atoms with Crippen molar-refractivity contribution in [2.75, 3.05) is 11.9 Å². The number of phenols is 1. The maximum absolute atomic E-state index is 13.1. The molecule has 0 fully saturated rings. The molecular weight excluding hydrogens is 495 g/mol. The van der Waals surface area contributed by atoms with Crippen molar-refractivity contribution in [2.24, 2.45) is 7.05 Å². The van der Waals surface area contributed by atoms with Crippen molar-refractivity contribution in [3.8, 4) is 22.6 Å². The standard InChI is InChI=1S/C24H20Cl2N4O5/c1-30-22-13(11-16(23(30)34)20-17(25)8-9-18(31)21(20)26)12-27-24(29-22)28-14-4-6-15(7-5-14)35-10-2-3-19(32)33/h4-9,11-12,31H,2-3,10H2,1H3,(H,32,33)(H,27,28,29). The van der Waals surface area contributed by atoms with Gasteiger partial charge in [-0.2, -0.15) is 4.98 Å². The van der Waals surface area contributed by atoms with Crippen molar-refractivity contribution in [3.63, 3.8) is 0 Å². The summed E-state index contributed by atoms with van der Waals surface area (Å²) in [5, 5.41) is 22.5. The SMILES string of the molecule is Cn1c(=O)c(-c2c(Cl)ccc(O)c2Cl)cc2cnc(Nc3ccc(OCCCC(=O)O)cc3)nc21. The van der Waals surface area contributed by atoms with Crippen molar-refractivity contribution in [3.05, 3.63) is 69.1 Å². The smallest absolute Gasteiger partial charge is 0.303 e. The van der Waals surface area contributed by atoms with Crippen LogP contribution in [0.3, 0.4) is 0 Å². The third kappa shape index (κ3) is 5.31. The van der Waals surface area contributed by atoms with Crippen molar-refractivity contribution in [2.45, 2.75) is 12.8 Å². The van der Waals surface area contributed by atoms with Crippen LogP contribution in [0.5, 0.6) is 11.5 Å². The van der Waals surface area contributed by atoms with Crippen LogP contribution in [0.4, 0.5) is 11.6 Å². The second-order valence-electron chi connectivity index (χ2n) is 7.65. The molecule has 180 valence electrons. The highest BCUT2D eigenvalue weighted by atomic mass is 35.5. The first kappa shape index (κ1) is 24.3. The molecule has 2 aromatic heterocycles. The van der Waals surface area contributed by atoms with E-state index in [2.05, 4.69) is 15.3 Å². The number of pyridine rings is 1. The number of carboxylic acid groups (broad SMARTS) is 1. The Hall–Kier alpha value is -3.82. The number of aryl methyl sites for hydroxylation is 1. The average molecular weight is 515 g/mol. The first-order valence-corrected chi connectivity index (χ1v) is 11.3. The number of rotatable bonds is 8. The second-order valence-corrected chi connectivity index (χ2v) is 8.43. The molecule has 4 aromatic rings. The van der Waals surface area contributed by atoms with Gasteiger partial charge < -0.3 is 20.3 Å². The Bertz CT molecular complexity index is 1470. The zero-order valence-corrected chi connectivity index (χ0v) is 20.0. The number of carbonyl (C=O) groups is 1. The van der Waals surface area contributed by atoms with E-state index in [-0.39, 0.29) is 44.9 Å². The van der Waals surface area contributed by atoms with E-state index in [4.69, 9.17) is 33.0 Å². The molecule has 2 aromatic carbocycles. The number of fused-ring (bicyclic) bond motifs is 1. The zero-order chi connectivity index (χ0) is 25.1. The molecule has 0 radical (unpaired) electrons. The molecule has 0 bridgehead atoms. The second kappa shape index (κ2) is 10.2. The quantitative estimate of drug-likeness (QED) is 0.280. The van der Waals surface area contributed by atoms with Crippen LogP contribution in [-0.2, 0) is 11.8 Å². The molecule has 0 spiro atoms. The lowest BCUT2D eigenvalue weighted by Gasteiger charge is -2.13. The Balaban J connectivity index is 1.58. The van der Waals surface area contributed by atoms with Crippen LogP contribution < -0.4 is 15.6 Å². The molecule has 35 heavy (non-hydrogen) atoms. The molecule has 4 rings (SSSR count). The summed E-state index contributed by atoms with van der Waals surface area (Å²) < 4.78 is 6.89. The molecule has 9 nitrogen and oxygen atoms in total. The third-order valence-corrected chi connectivity index (χ3v) is 5.90. The molecular formula is C24H20Cl2N4O5. The number of nitrogens with zero attached hydrogens (tertiary/aromatic N) is 3. The summed E-state index contributed by atoms with van der Waals surface area (Å²) in [6.07, 6.45) is 2.04. The summed E-state index contributed by atoms with van der Waals surface area (Å²) in [7, 11) is 1.58. The minimum absolute atomic E-state index is 0.0116. The summed E-state index contributed by atoms with van der Waals surface area (Å²) in [5.41, 5.74) is 1.16. The predicted molar refractivity (Wildman–Crippen MR) is 134 cm³/mol. The number of benzene rings is 2. The summed E-state index contributed by atoms with van der Waals surface area (Å²) >= 11 is 12.5. The number of nitrogens with one attached hydrogen (secondary N) is 1. The molecule has 0 atom stereocenters. The largest absolute Gasteiger partial charge is 0.506 e. The van der Waals surface area contributed by atoms with Gasteiger partial charge in [-0.3, -0.25) is 14.2 Å². The minimum Gasteiger partial charge on any atom is -0.506 e. The lowest BCUT2D eigenvalue weighted by Crippen LogP contribution is -2.20. The number of aromatic nitrogens is 3. The van der Waals surface area contributed by atoms with Crippen LogP contribution in [-0.4, -0.2) is 37.3 Å². The van der Waals surface area contributed by atoms with Gasteiger partial charge in [0.25, 0.3) is 5.56 Å². The minimum atomic E-state index is -0.857. The number of aliphatic carboxylic acids is 1. The predicted octanol–water partition coefficient (Wildman–Crippen LogP) is 5.00. The highest BCUT2D eigenvalue weighted by molar-refractivity contribution is 6.40. The molecule has 3 N–H and O–H groups in total. The molecule has 0 saturated carbocycles. The molecule has 0 unspecified atom stereocenters. The fraction of sp³-hybridized carbons (Fsp3) is 0.167. The molecule has 2 heterocycles. The van der Waals surface area contributed by atoms with Gasteiger partial charge in [0.15, 0.2) is 0 Å². The van der Waals surface area contributed by atoms with Gasteiger partial charge in [0, 0.05) is 36.3 Å². The summed E-state index contributed by atoms with van der Waals surface area (Å²) in [6.45, 7) is 0.307. The van der Waals surface area contributed by atoms with Gasteiger partial charge in [0.05, 0.1) is 22.2 Å². The van der Waals surface area contributed by atoms with Gasteiger partial charge in [-0.1, -0.05) is 23.2 Å². The van der Waals surface area contributed by atoms with E-state index >= 15 is 0 Å². The van der Waals surface area contributed by atoms with Crippen LogP contribution in [0.15, 0.2) is 53.5 Å². The van der Waals surface area contributed by atoms with Gasteiger partial charge in [0.1, 0.15) is 17.1 Å². The fourth-order valence-corrected chi connectivity index (χ4v) is 4.03. The number of hydrogen-bond acceptors (Lipinski definition) is 7. The Morgan fingerprint density at radius 3 is 2.63 bits per heavy atom.